The second-order valence-corrected chi connectivity index (χ2v) is 3.44. The molecule has 8 heteroatoms. The molecular weight excluding hydrogens is 266 g/mol. The monoisotopic (exact) mass is 272 g/mol. The molecule has 18 heavy (non-hydrogen) atoms. The first-order valence-electron chi connectivity index (χ1n) is 4.51. The molecule has 100 valence electrons. The standard InChI is InChI=1S/C10H6F6O2/c11-9(12,13)6-1-2-7(10(14,15)16)5(3-6)4-8(17)18/h1-3H,4H2,(H,17,18). The molecule has 0 amide bonds. The summed E-state index contributed by atoms with van der Waals surface area (Å²) >= 11 is 0. The summed E-state index contributed by atoms with van der Waals surface area (Å²) in [5, 5.41) is 8.40. The van der Waals surface area contributed by atoms with Crippen LogP contribution in [0.4, 0.5) is 26.3 Å². The Hall–Kier alpha value is -1.73. The Labute approximate surface area is 96.8 Å². The van der Waals surface area contributed by atoms with Crippen molar-refractivity contribution in [1.29, 1.82) is 0 Å². The number of carboxylic acid groups (broad SMARTS) is 1. The van der Waals surface area contributed by atoms with Gasteiger partial charge in [0.1, 0.15) is 0 Å². The van der Waals surface area contributed by atoms with Crippen molar-refractivity contribution in [2.24, 2.45) is 0 Å². The van der Waals surface area contributed by atoms with E-state index in [1.54, 1.807) is 0 Å². The first kappa shape index (κ1) is 14.3. The van der Waals surface area contributed by atoms with Gasteiger partial charge in [-0.3, -0.25) is 4.79 Å². The molecule has 1 aromatic carbocycles. The van der Waals surface area contributed by atoms with Crippen molar-refractivity contribution in [2.45, 2.75) is 18.8 Å². The van der Waals surface area contributed by atoms with Gasteiger partial charge >= 0.3 is 18.3 Å². The fraction of sp³-hybridized carbons (Fsp3) is 0.300. The van der Waals surface area contributed by atoms with Crippen LogP contribution in [0.3, 0.4) is 0 Å². The number of rotatable bonds is 2. The van der Waals surface area contributed by atoms with Gasteiger partial charge in [-0.25, -0.2) is 0 Å². The normalized spacial score (nSPS) is 12.6. The molecule has 1 rings (SSSR count). The predicted octanol–water partition coefficient (Wildman–Crippen LogP) is 3.35. The molecule has 0 fully saturated rings. The minimum absolute atomic E-state index is 0.205. The average molecular weight is 272 g/mol. The highest BCUT2D eigenvalue weighted by molar-refractivity contribution is 5.71. The lowest BCUT2D eigenvalue weighted by molar-refractivity contribution is -0.143. The van der Waals surface area contributed by atoms with Gasteiger partial charge in [0.05, 0.1) is 17.5 Å². The van der Waals surface area contributed by atoms with Crippen LogP contribution in [0.2, 0.25) is 0 Å². The summed E-state index contributed by atoms with van der Waals surface area (Å²) in [4.78, 5) is 10.4. The SMILES string of the molecule is O=C(O)Cc1cc(C(F)(F)F)ccc1C(F)(F)F. The molecule has 1 aromatic rings. The van der Waals surface area contributed by atoms with Gasteiger partial charge in [-0.1, -0.05) is 0 Å². The van der Waals surface area contributed by atoms with Gasteiger partial charge in [-0.2, -0.15) is 26.3 Å². The van der Waals surface area contributed by atoms with Gasteiger partial charge in [0.25, 0.3) is 0 Å². The van der Waals surface area contributed by atoms with Gasteiger partial charge in [-0.05, 0) is 23.8 Å². The maximum atomic E-state index is 12.5. The lowest BCUT2D eigenvalue weighted by Crippen LogP contribution is -2.15. The van der Waals surface area contributed by atoms with Crippen LogP contribution < -0.4 is 0 Å². The average Bonchev–Trinajstić information content (AvgIpc) is 2.13. The second kappa shape index (κ2) is 4.51. The zero-order valence-electron chi connectivity index (χ0n) is 8.56. The van der Waals surface area contributed by atoms with Crippen LogP contribution in [0.1, 0.15) is 16.7 Å². The smallest absolute Gasteiger partial charge is 0.416 e. The van der Waals surface area contributed by atoms with Crippen molar-refractivity contribution in [2.75, 3.05) is 0 Å². The Morgan fingerprint density at radius 1 is 1.06 bits per heavy atom. The molecule has 0 aromatic heterocycles. The van der Waals surface area contributed by atoms with Gasteiger partial charge in [0.15, 0.2) is 0 Å². The number of aliphatic carboxylic acids is 1. The first-order valence-corrected chi connectivity index (χ1v) is 4.51. The molecule has 0 saturated heterocycles. The maximum absolute atomic E-state index is 12.5. The minimum atomic E-state index is -4.89. The molecule has 0 unspecified atom stereocenters. The summed E-state index contributed by atoms with van der Waals surface area (Å²) in [6.07, 6.45) is -10.8. The second-order valence-electron chi connectivity index (χ2n) is 3.44. The minimum Gasteiger partial charge on any atom is -0.481 e. The molecule has 0 aliphatic rings. The van der Waals surface area contributed by atoms with Crippen LogP contribution in [-0.4, -0.2) is 11.1 Å². The molecule has 0 spiro atoms. The Morgan fingerprint density at radius 2 is 1.61 bits per heavy atom. The molecule has 0 aliphatic carbocycles. The number of carbonyl (C=O) groups is 1. The highest BCUT2D eigenvalue weighted by Crippen LogP contribution is 2.36. The lowest BCUT2D eigenvalue weighted by Gasteiger charge is -2.14. The topological polar surface area (TPSA) is 37.3 Å². The molecule has 0 bridgehead atoms. The van der Waals surface area contributed by atoms with E-state index in [0.717, 1.165) is 0 Å². The number of alkyl halides is 6. The summed E-state index contributed by atoms with van der Waals surface area (Å²) in [6.45, 7) is 0. The molecular formula is C10H6F6O2. The molecule has 0 heterocycles. The van der Waals surface area contributed by atoms with E-state index in [4.69, 9.17) is 5.11 Å². The van der Waals surface area contributed by atoms with Crippen molar-refractivity contribution in [3.8, 4) is 0 Å². The third-order valence-corrected chi connectivity index (χ3v) is 2.08. The van der Waals surface area contributed by atoms with Gasteiger partial charge in [0, 0.05) is 0 Å². The van der Waals surface area contributed by atoms with Gasteiger partial charge < -0.3 is 5.11 Å². The van der Waals surface area contributed by atoms with E-state index < -0.39 is 41.4 Å². The van der Waals surface area contributed by atoms with Crippen molar-refractivity contribution in [1.82, 2.24) is 0 Å². The number of hydrogen-bond acceptors (Lipinski definition) is 1. The van der Waals surface area contributed by atoms with E-state index >= 15 is 0 Å². The Morgan fingerprint density at radius 3 is 2.00 bits per heavy atom. The number of benzene rings is 1. The first-order chi connectivity index (χ1) is 8.01. The van der Waals surface area contributed by atoms with Crippen LogP contribution in [0.25, 0.3) is 0 Å². The van der Waals surface area contributed by atoms with E-state index in [0.29, 0.717) is 0 Å². The Kier molecular flexibility index (Phi) is 3.59. The van der Waals surface area contributed by atoms with Gasteiger partial charge in [-0.15, -0.1) is 0 Å². The summed E-state index contributed by atoms with van der Waals surface area (Å²) < 4.78 is 74.3. The van der Waals surface area contributed by atoms with E-state index in [1.807, 2.05) is 0 Å². The van der Waals surface area contributed by atoms with Crippen molar-refractivity contribution in [3.63, 3.8) is 0 Å². The quantitative estimate of drug-likeness (QED) is 0.838. The van der Waals surface area contributed by atoms with E-state index in [-0.39, 0.29) is 18.2 Å². The molecule has 1 N–H and O–H groups in total. The van der Waals surface area contributed by atoms with Crippen molar-refractivity contribution >= 4 is 5.97 Å². The lowest BCUT2D eigenvalue weighted by atomic mass is 10.0. The van der Waals surface area contributed by atoms with Crippen molar-refractivity contribution in [3.05, 3.63) is 34.9 Å². The number of hydrogen-bond donors (Lipinski definition) is 1. The molecule has 0 radical (unpaired) electrons. The van der Waals surface area contributed by atoms with Crippen molar-refractivity contribution < 1.29 is 36.2 Å². The zero-order chi connectivity index (χ0) is 14.1. The molecule has 2 nitrogen and oxygen atoms in total. The Bertz CT molecular complexity index is 460. The van der Waals surface area contributed by atoms with Gasteiger partial charge in [0.2, 0.25) is 0 Å². The van der Waals surface area contributed by atoms with Crippen LogP contribution in [0.15, 0.2) is 18.2 Å². The van der Waals surface area contributed by atoms with E-state index in [1.165, 1.54) is 0 Å². The van der Waals surface area contributed by atoms with E-state index in [9.17, 15) is 31.1 Å². The third-order valence-electron chi connectivity index (χ3n) is 2.08. The van der Waals surface area contributed by atoms with Crippen LogP contribution in [0, 0.1) is 0 Å². The summed E-state index contributed by atoms with van der Waals surface area (Å²) in [5.41, 5.74) is -3.60. The molecule has 0 atom stereocenters. The highest BCUT2D eigenvalue weighted by atomic mass is 19.4. The fourth-order valence-corrected chi connectivity index (χ4v) is 1.36. The zero-order valence-corrected chi connectivity index (χ0v) is 8.56. The van der Waals surface area contributed by atoms with Crippen LogP contribution >= 0.6 is 0 Å². The largest absolute Gasteiger partial charge is 0.481 e. The van der Waals surface area contributed by atoms with E-state index in [2.05, 4.69) is 0 Å². The summed E-state index contributed by atoms with van der Waals surface area (Å²) in [7, 11) is 0. The summed E-state index contributed by atoms with van der Waals surface area (Å²) in [5.74, 6) is -1.64. The fourth-order valence-electron chi connectivity index (χ4n) is 1.36. The number of halogens is 6. The predicted molar refractivity (Wildman–Crippen MR) is 47.8 cm³/mol. The number of carboxylic acids is 1. The maximum Gasteiger partial charge on any atom is 0.416 e. The summed E-state index contributed by atoms with van der Waals surface area (Å²) in [6, 6.07) is 0.714. The molecule has 0 aliphatic heterocycles. The molecule has 0 saturated carbocycles. The highest BCUT2D eigenvalue weighted by Gasteiger charge is 2.37. The van der Waals surface area contributed by atoms with Crippen LogP contribution in [-0.2, 0) is 23.6 Å². The Balaban J connectivity index is 3.34. The van der Waals surface area contributed by atoms with Crippen LogP contribution in [0.5, 0.6) is 0 Å². The third kappa shape index (κ3) is 3.38.